The number of aromatic nitrogens is 1. The minimum Gasteiger partial charge on any atom is -0.363 e. The smallest absolute Gasteiger partial charge is 0.277 e. The number of nitrogens with zero attached hydrogens (tertiary/aromatic N) is 2. The first-order valence-electron chi connectivity index (χ1n) is 7.08. The van der Waals surface area contributed by atoms with Crippen LogP contribution in [-0.2, 0) is 0 Å². The van der Waals surface area contributed by atoms with E-state index in [-0.39, 0.29) is 16.1 Å². The Bertz CT molecular complexity index is 506. The molecule has 1 aliphatic rings. The Morgan fingerprint density at radius 1 is 1.60 bits per heavy atom. The second-order valence-electron chi connectivity index (χ2n) is 5.75. The molecule has 0 amide bonds. The number of hydrogen-bond acceptors (Lipinski definition) is 5. The molecule has 1 aliphatic carbocycles. The third-order valence-electron chi connectivity index (χ3n) is 4.47. The molecule has 1 saturated carbocycles. The summed E-state index contributed by atoms with van der Waals surface area (Å²) in [7, 11) is 0. The summed E-state index contributed by atoms with van der Waals surface area (Å²) in [5.74, 6) is 0.977. The second-order valence-corrected chi connectivity index (χ2v) is 5.75. The molecule has 3 N–H and O–H groups in total. The van der Waals surface area contributed by atoms with Crippen LogP contribution in [0.1, 0.15) is 38.2 Å². The molecule has 1 aromatic heterocycles. The first-order chi connectivity index (χ1) is 9.48. The highest BCUT2D eigenvalue weighted by Gasteiger charge is 2.37. The maximum Gasteiger partial charge on any atom is 0.277 e. The van der Waals surface area contributed by atoms with E-state index >= 15 is 0 Å². The van der Waals surface area contributed by atoms with Gasteiger partial charge in [-0.3, -0.25) is 10.1 Å². The monoisotopic (exact) mass is 278 g/mol. The van der Waals surface area contributed by atoms with Gasteiger partial charge in [0.1, 0.15) is 5.82 Å². The van der Waals surface area contributed by atoms with E-state index in [1.54, 1.807) is 6.92 Å². The van der Waals surface area contributed by atoms with Crippen LogP contribution >= 0.6 is 0 Å². The highest BCUT2D eigenvalue weighted by Crippen LogP contribution is 2.36. The van der Waals surface area contributed by atoms with Crippen LogP contribution < -0.4 is 11.1 Å². The molecule has 1 fully saturated rings. The van der Waals surface area contributed by atoms with Crippen molar-refractivity contribution in [2.75, 3.05) is 11.9 Å². The largest absolute Gasteiger partial charge is 0.363 e. The second kappa shape index (κ2) is 5.75. The van der Waals surface area contributed by atoms with Crippen LogP contribution in [0.3, 0.4) is 0 Å². The van der Waals surface area contributed by atoms with Crippen molar-refractivity contribution in [3.05, 3.63) is 27.9 Å². The summed E-state index contributed by atoms with van der Waals surface area (Å²) >= 11 is 0. The highest BCUT2D eigenvalue weighted by atomic mass is 16.6. The zero-order valence-corrected chi connectivity index (χ0v) is 12.1. The van der Waals surface area contributed by atoms with Crippen LogP contribution in [0.4, 0.5) is 11.5 Å². The van der Waals surface area contributed by atoms with E-state index in [1.807, 2.05) is 0 Å². The third kappa shape index (κ3) is 2.75. The number of nitrogens with one attached hydrogen (secondary N) is 1. The van der Waals surface area contributed by atoms with Gasteiger partial charge in [0.05, 0.1) is 16.5 Å². The molecule has 1 aromatic rings. The summed E-state index contributed by atoms with van der Waals surface area (Å²) in [5, 5.41) is 14.4. The van der Waals surface area contributed by atoms with Crippen LogP contribution in [0.2, 0.25) is 0 Å². The Balaban J connectivity index is 2.28. The van der Waals surface area contributed by atoms with E-state index < -0.39 is 0 Å². The predicted octanol–water partition coefficient (Wildman–Crippen LogP) is 2.62. The average molecular weight is 278 g/mol. The van der Waals surface area contributed by atoms with Gasteiger partial charge in [0.2, 0.25) is 0 Å². The third-order valence-corrected chi connectivity index (χ3v) is 4.47. The zero-order valence-electron chi connectivity index (χ0n) is 12.1. The molecule has 2 rings (SSSR count). The lowest BCUT2D eigenvalue weighted by Gasteiger charge is -2.43. The van der Waals surface area contributed by atoms with E-state index in [1.165, 1.54) is 18.7 Å². The molecule has 0 radical (unpaired) electrons. The number of aryl methyl sites for hydroxylation is 1. The maximum absolute atomic E-state index is 11.0. The van der Waals surface area contributed by atoms with Gasteiger partial charge in [0.15, 0.2) is 0 Å². The first-order valence-corrected chi connectivity index (χ1v) is 7.08. The van der Waals surface area contributed by atoms with Gasteiger partial charge in [0.25, 0.3) is 5.69 Å². The van der Waals surface area contributed by atoms with Gasteiger partial charge in [-0.1, -0.05) is 19.8 Å². The topological polar surface area (TPSA) is 94.1 Å². The maximum atomic E-state index is 11.0. The van der Waals surface area contributed by atoms with Crippen LogP contribution in [-0.4, -0.2) is 22.0 Å². The summed E-state index contributed by atoms with van der Waals surface area (Å²) in [6.45, 7) is 4.38. The van der Waals surface area contributed by atoms with Crippen LogP contribution in [0.25, 0.3) is 0 Å². The van der Waals surface area contributed by atoms with Crippen molar-refractivity contribution in [2.24, 2.45) is 11.7 Å². The molecular formula is C14H22N4O2. The number of nitro groups is 1. The molecule has 0 bridgehead atoms. The molecule has 0 aliphatic heterocycles. The van der Waals surface area contributed by atoms with E-state index in [0.717, 1.165) is 19.3 Å². The molecule has 1 heterocycles. The Morgan fingerprint density at radius 3 is 2.95 bits per heavy atom. The van der Waals surface area contributed by atoms with Gasteiger partial charge >= 0.3 is 0 Å². The Hall–Kier alpha value is -1.69. The van der Waals surface area contributed by atoms with Gasteiger partial charge in [-0.15, -0.1) is 0 Å². The lowest BCUT2D eigenvalue weighted by Crippen LogP contribution is -2.52. The summed E-state index contributed by atoms with van der Waals surface area (Å²) in [4.78, 5) is 14.9. The minimum atomic E-state index is -0.373. The van der Waals surface area contributed by atoms with Gasteiger partial charge in [-0.05, 0) is 25.7 Å². The molecule has 0 aromatic carbocycles. The van der Waals surface area contributed by atoms with Crippen molar-refractivity contribution in [1.82, 2.24) is 4.98 Å². The highest BCUT2D eigenvalue weighted by molar-refractivity contribution is 5.50. The Morgan fingerprint density at radius 2 is 2.35 bits per heavy atom. The van der Waals surface area contributed by atoms with Crippen molar-refractivity contribution < 1.29 is 4.92 Å². The lowest BCUT2D eigenvalue weighted by molar-refractivity contribution is -0.385. The SMILES string of the molecule is Cc1cnc(NC2(CN)CCCCC2C)cc1[N+](=O)[O-]. The Labute approximate surface area is 118 Å². The van der Waals surface area contributed by atoms with E-state index in [4.69, 9.17) is 5.73 Å². The van der Waals surface area contributed by atoms with Crippen LogP contribution in [0.5, 0.6) is 0 Å². The van der Waals surface area contributed by atoms with E-state index in [2.05, 4.69) is 17.2 Å². The molecule has 2 unspecified atom stereocenters. The van der Waals surface area contributed by atoms with Gasteiger partial charge in [-0.25, -0.2) is 4.98 Å². The summed E-state index contributed by atoms with van der Waals surface area (Å²) in [5.41, 5.74) is 6.44. The van der Waals surface area contributed by atoms with Crippen molar-refractivity contribution in [1.29, 1.82) is 0 Å². The lowest BCUT2D eigenvalue weighted by atomic mass is 9.73. The van der Waals surface area contributed by atoms with Crippen molar-refractivity contribution >= 4 is 11.5 Å². The molecule has 0 spiro atoms. The fourth-order valence-corrected chi connectivity index (χ4v) is 2.99. The molecular weight excluding hydrogens is 256 g/mol. The van der Waals surface area contributed by atoms with E-state index in [0.29, 0.717) is 23.8 Å². The normalized spacial score (nSPS) is 26.2. The standard InChI is InChI=1S/C14H22N4O2/c1-10-8-16-13(7-12(10)18(19)20)17-14(9-15)6-4-3-5-11(14)2/h7-8,11H,3-6,9,15H2,1-2H3,(H,16,17). The van der Waals surface area contributed by atoms with Crippen molar-refractivity contribution in [3.63, 3.8) is 0 Å². The van der Waals surface area contributed by atoms with Gasteiger partial charge in [0, 0.05) is 18.3 Å². The number of hydrogen-bond donors (Lipinski definition) is 2. The number of nitrogens with two attached hydrogens (primary N) is 1. The van der Waals surface area contributed by atoms with Gasteiger partial charge in [-0.2, -0.15) is 0 Å². The molecule has 110 valence electrons. The molecule has 0 saturated heterocycles. The fourth-order valence-electron chi connectivity index (χ4n) is 2.99. The summed E-state index contributed by atoms with van der Waals surface area (Å²) in [6.07, 6.45) is 5.99. The molecule has 20 heavy (non-hydrogen) atoms. The summed E-state index contributed by atoms with van der Waals surface area (Å²) < 4.78 is 0. The molecule has 6 nitrogen and oxygen atoms in total. The quantitative estimate of drug-likeness (QED) is 0.652. The number of pyridine rings is 1. The summed E-state index contributed by atoms with van der Waals surface area (Å²) in [6, 6.07) is 1.51. The molecule has 2 atom stereocenters. The van der Waals surface area contributed by atoms with Crippen molar-refractivity contribution in [2.45, 2.75) is 45.1 Å². The predicted molar refractivity (Wildman–Crippen MR) is 78.7 cm³/mol. The number of anilines is 1. The Kier molecular flexibility index (Phi) is 4.23. The first kappa shape index (κ1) is 14.7. The number of rotatable bonds is 4. The van der Waals surface area contributed by atoms with Crippen LogP contribution in [0.15, 0.2) is 12.3 Å². The fraction of sp³-hybridized carbons (Fsp3) is 0.643. The van der Waals surface area contributed by atoms with Gasteiger partial charge < -0.3 is 11.1 Å². The van der Waals surface area contributed by atoms with Crippen LogP contribution in [0, 0.1) is 23.0 Å². The average Bonchev–Trinajstić information content (AvgIpc) is 2.43. The van der Waals surface area contributed by atoms with Crippen molar-refractivity contribution in [3.8, 4) is 0 Å². The minimum absolute atomic E-state index is 0.0955. The molecule has 6 heteroatoms. The zero-order chi connectivity index (χ0) is 14.8. The van der Waals surface area contributed by atoms with E-state index in [9.17, 15) is 10.1 Å².